The van der Waals surface area contributed by atoms with Crippen molar-refractivity contribution in [3.8, 4) is 5.75 Å². The summed E-state index contributed by atoms with van der Waals surface area (Å²) in [5.41, 5.74) is 6.92. The Labute approximate surface area is 109 Å². The molecule has 0 radical (unpaired) electrons. The van der Waals surface area contributed by atoms with Gasteiger partial charge in [0.05, 0.1) is 18.8 Å². The summed E-state index contributed by atoms with van der Waals surface area (Å²) < 4.78 is 5.08. The van der Waals surface area contributed by atoms with Crippen LogP contribution in [0.2, 0.25) is 0 Å². The molecule has 0 saturated carbocycles. The van der Waals surface area contributed by atoms with Crippen LogP contribution in [0.25, 0.3) is 0 Å². The quantitative estimate of drug-likeness (QED) is 0.600. The maximum Gasteiger partial charge on any atom is 0.179 e. The molecule has 1 aromatic carbocycles. The molecule has 0 aliphatic rings. The number of benzene rings is 1. The van der Waals surface area contributed by atoms with E-state index in [2.05, 4.69) is 5.32 Å². The van der Waals surface area contributed by atoms with E-state index < -0.39 is 0 Å². The van der Waals surface area contributed by atoms with Gasteiger partial charge in [-0.3, -0.25) is 4.79 Å². The fourth-order valence-electron chi connectivity index (χ4n) is 1.87. The SMILES string of the molecule is CCC(NC(C)C)C(=O)c1ccc(OC)c(N)c1. The number of Topliss-reactive ketones (excluding diaryl/α,β-unsaturated/α-hetero) is 1. The number of rotatable bonds is 6. The molecule has 0 heterocycles. The summed E-state index contributed by atoms with van der Waals surface area (Å²) in [6.07, 6.45) is 0.753. The molecule has 0 aliphatic carbocycles. The summed E-state index contributed by atoms with van der Waals surface area (Å²) >= 11 is 0. The highest BCUT2D eigenvalue weighted by Gasteiger charge is 2.19. The normalized spacial score (nSPS) is 12.5. The number of nitrogen functional groups attached to an aromatic ring is 1. The summed E-state index contributed by atoms with van der Waals surface area (Å²) in [6, 6.07) is 5.26. The zero-order valence-corrected chi connectivity index (χ0v) is 11.5. The van der Waals surface area contributed by atoms with E-state index in [1.54, 1.807) is 25.3 Å². The first-order valence-electron chi connectivity index (χ1n) is 6.23. The average molecular weight is 250 g/mol. The molecule has 0 aliphatic heterocycles. The minimum absolute atomic E-state index is 0.0700. The number of nitrogens with one attached hydrogen (secondary N) is 1. The van der Waals surface area contributed by atoms with Crippen molar-refractivity contribution < 1.29 is 9.53 Å². The highest BCUT2D eigenvalue weighted by atomic mass is 16.5. The van der Waals surface area contributed by atoms with Crippen LogP contribution in [0.3, 0.4) is 0 Å². The van der Waals surface area contributed by atoms with Crippen molar-refractivity contribution in [1.82, 2.24) is 5.32 Å². The minimum Gasteiger partial charge on any atom is -0.495 e. The van der Waals surface area contributed by atoms with Gasteiger partial charge in [-0.2, -0.15) is 0 Å². The Morgan fingerprint density at radius 2 is 2.11 bits per heavy atom. The van der Waals surface area contributed by atoms with E-state index in [-0.39, 0.29) is 17.9 Å². The van der Waals surface area contributed by atoms with E-state index in [1.807, 2.05) is 20.8 Å². The minimum atomic E-state index is -0.169. The Morgan fingerprint density at radius 3 is 2.56 bits per heavy atom. The zero-order valence-electron chi connectivity index (χ0n) is 11.5. The van der Waals surface area contributed by atoms with Gasteiger partial charge >= 0.3 is 0 Å². The summed E-state index contributed by atoms with van der Waals surface area (Å²) in [5.74, 6) is 0.664. The Bertz CT molecular complexity index is 416. The van der Waals surface area contributed by atoms with Gasteiger partial charge in [0, 0.05) is 11.6 Å². The monoisotopic (exact) mass is 250 g/mol. The van der Waals surface area contributed by atoms with E-state index >= 15 is 0 Å². The van der Waals surface area contributed by atoms with Crippen LogP contribution in [-0.2, 0) is 0 Å². The topological polar surface area (TPSA) is 64.3 Å². The Morgan fingerprint density at radius 1 is 1.44 bits per heavy atom. The maximum absolute atomic E-state index is 12.3. The third-order valence-corrected chi connectivity index (χ3v) is 2.77. The molecule has 0 amide bonds. The highest BCUT2D eigenvalue weighted by Crippen LogP contribution is 2.22. The molecule has 1 aromatic rings. The maximum atomic E-state index is 12.3. The van der Waals surface area contributed by atoms with Crippen LogP contribution in [-0.4, -0.2) is 25.0 Å². The third-order valence-electron chi connectivity index (χ3n) is 2.77. The van der Waals surface area contributed by atoms with Gasteiger partial charge in [0.25, 0.3) is 0 Å². The number of hydrogen-bond acceptors (Lipinski definition) is 4. The number of hydrogen-bond donors (Lipinski definition) is 2. The molecule has 3 N–H and O–H groups in total. The summed E-state index contributed by atoms with van der Waals surface area (Å²) in [7, 11) is 1.56. The first kappa shape index (κ1) is 14.5. The van der Waals surface area contributed by atoms with E-state index in [1.165, 1.54) is 0 Å². The van der Waals surface area contributed by atoms with Crippen LogP contribution >= 0.6 is 0 Å². The molecule has 0 aromatic heterocycles. The van der Waals surface area contributed by atoms with E-state index in [9.17, 15) is 4.79 Å². The molecule has 18 heavy (non-hydrogen) atoms. The number of anilines is 1. The lowest BCUT2D eigenvalue weighted by atomic mass is 10.0. The lowest BCUT2D eigenvalue weighted by Crippen LogP contribution is -2.40. The van der Waals surface area contributed by atoms with Gasteiger partial charge in [-0.25, -0.2) is 0 Å². The molecule has 0 saturated heterocycles. The number of nitrogens with two attached hydrogens (primary N) is 1. The molecule has 0 spiro atoms. The fourth-order valence-corrected chi connectivity index (χ4v) is 1.87. The highest BCUT2D eigenvalue weighted by molar-refractivity contribution is 6.01. The molecule has 100 valence electrons. The van der Waals surface area contributed by atoms with Crippen molar-refractivity contribution >= 4 is 11.5 Å². The van der Waals surface area contributed by atoms with Gasteiger partial charge in [0.2, 0.25) is 0 Å². The van der Waals surface area contributed by atoms with Crippen molar-refractivity contribution in [2.75, 3.05) is 12.8 Å². The summed E-state index contributed by atoms with van der Waals surface area (Å²) in [6.45, 7) is 6.04. The second-order valence-corrected chi connectivity index (χ2v) is 4.60. The van der Waals surface area contributed by atoms with Gasteiger partial charge in [-0.15, -0.1) is 0 Å². The molecular formula is C14H22N2O2. The van der Waals surface area contributed by atoms with Gasteiger partial charge in [-0.1, -0.05) is 20.8 Å². The molecule has 0 fully saturated rings. The van der Waals surface area contributed by atoms with Crippen LogP contribution in [0, 0.1) is 0 Å². The van der Waals surface area contributed by atoms with Crippen molar-refractivity contribution in [1.29, 1.82) is 0 Å². The molecule has 0 bridgehead atoms. The number of carbonyl (C=O) groups is 1. The Hall–Kier alpha value is -1.55. The number of ether oxygens (including phenoxy) is 1. The molecule has 4 nitrogen and oxygen atoms in total. The van der Waals surface area contributed by atoms with Crippen LogP contribution in [0.4, 0.5) is 5.69 Å². The molecular weight excluding hydrogens is 228 g/mol. The van der Waals surface area contributed by atoms with E-state index in [0.29, 0.717) is 17.0 Å². The number of ketones is 1. The van der Waals surface area contributed by atoms with Crippen molar-refractivity contribution in [3.05, 3.63) is 23.8 Å². The van der Waals surface area contributed by atoms with Gasteiger partial charge < -0.3 is 15.8 Å². The predicted octanol–water partition coefficient (Wildman–Crippen LogP) is 2.24. The van der Waals surface area contributed by atoms with Crippen molar-refractivity contribution in [3.63, 3.8) is 0 Å². The van der Waals surface area contributed by atoms with Gasteiger partial charge in [0.15, 0.2) is 5.78 Å². The average Bonchev–Trinajstić information content (AvgIpc) is 2.34. The first-order valence-corrected chi connectivity index (χ1v) is 6.23. The summed E-state index contributed by atoms with van der Waals surface area (Å²) in [5, 5.41) is 3.25. The summed E-state index contributed by atoms with van der Waals surface area (Å²) in [4.78, 5) is 12.3. The largest absolute Gasteiger partial charge is 0.495 e. The fraction of sp³-hybridized carbons (Fsp3) is 0.500. The number of carbonyl (C=O) groups excluding carboxylic acids is 1. The van der Waals surface area contributed by atoms with Gasteiger partial charge in [0.1, 0.15) is 5.75 Å². The second-order valence-electron chi connectivity index (χ2n) is 4.60. The predicted molar refractivity (Wildman–Crippen MR) is 74.1 cm³/mol. The lowest BCUT2D eigenvalue weighted by molar-refractivity contribution is 0.0935. The van der Waals surface area contributed by atoms with Crippen LogP contribution in [0.1, 0.15) is 37.6 Å². The third kappa shape index (κ3) is 3.47. The van der Waals surface area contributed by atoms with Crippen molar-refractivity contribution in [2.24, 2.45) is 0 Å². The van der Waals surface area contributed by atoms with Crippen molar-refractivity contribution in [2.45, 2.75) is 39.3 Å². The van der Waals surface area contributed by atoms with E-state index in [0.717, 1.165) is 6.42 Å². The van der Waals surface area contributed by atoms with E-state index in [4.69, 9.17) is 10.5 Å². The standard InChI is InChI=1S/C14H22N2O2/c1-5-12(16-9(2)3)14(17)10-6-7-13(18-4)11(15)8-10/h6-9,12,16H,5,15H2,1-4H3. The molecule has 1 atom stereocenters. The van der Waals surface area contributed by atoms with Gasteiger partial charge in [-0.05, 0) is 24.6 Å². The smallest absolute Gasteiger partial charge is 0.179 e. The second kappa shape index (κ2) is 6.40. The Kier molecular flexibility index (Phi) is 5.16. The van der Waals surface area contributed by atoms with Crippen LogP contribution in [0.15, 0.2) is 18.2 Å². The molecule has 4 heteroatoms. The van der Waals surface area contributed by atoms with Crippen LogP contribution in [0.5, 0.6) is 5.75 Å². The first-order chi connectivity index (χ1) is 8.49. The lowest BCUT2D eigenvalue weighted by Gasteiger charge is -2.19. The Balaban J connectivity index is 2.91. The molecule has 1 rings (SSSR count). The van der Waals surface area contributed by atoms with Crippen LogP contribution < -0.4 is 15.8 Å². The molecule has 1 unspecified atom stereocenters. The zero-order chi connectivity index (χ0) is 13.7. The number of methoxy groups -OCH3 is 1.